The quantitative estimate of drug-likeness (QED) is 0.133. The van der Waals surface area contributed by atoms with Gasteiger partial charge in [0.2, 0.25) is 11.8 Å². The molecule has 0 aromatic heterocycles. The van der Waals surface area contributed by atoms with Crippen LogP contribution in [-0.2, 0) is 32.3 Å². The Kier molecular flexibility index (Phi) is 11.3. The number of carbonyl (C=O) groups is 4. The van der Waals surface area contributed by atoms with E-state index >= 15 is 0 Å². The van der Waals surface area contributed by atoms with Crippen molar-refractivity contribution in [3.8, 4) is 23.0 Å². The fraction of sp³-hybridized carbons (Fsp3) is 0.364. The van der Waals surface area contributed by atoms with Crippen molar-refractivity contribution in [2.24, 2.45) is 23.7 Å². The van der Waals surface area contributed by atoms with E-state index in [2.05, 4.69) is 0 Å². The van der Waals surface area contributed by atoms with E-state index in [9.17, 15) is 29.4 Å². The summed E-state index contributed by atoms with van der Waals surface area (Å²) >= 11 is 0. The second kappa shape index (κ2) is 16.6. The number of carboxylic acid groups (broad SMARTS) is 2. The minimum absolute atomic E-state index is 0.144. The van der Waals surface area contributed by atoms with Gasteiger partial charge in [0.05, 0.1) is 23.7 Å². The third kappa shape index (κ3) is 8.12. The maximum Gasteiger partial charge on any atom is 0.308 e. The summed E-state index contributed by atoms with van der Waals surface area (Å²) in [6, 6.07) is 33.4. The van der Waals surface area contributed by atoms with Crippen LogP contribution in [0, 0.1) is 23.7 Å². The normalized spacial score (nSPS) is 21.2. The first-order valence-corrected chi connectivity index (χ1v) is 19.0. The molecule has 0 spiro atoms. The van der Waals surface area contributed by atoms with E-state index < -0.39 is 47.4 Å². The largest absolute Gasteiger partial charge is 0.481 e. The molecule has 0 bridgehead atoms. The third-order valence-electron chi connectivity index (χ3n) is 11.3. The van der Waals surface area contributed by atoms with Gasteiger partial charge >= 0.3 is 11.9 Å². The van der Waals surface area contributed by atoms with Gasteiger partial charge in [0, 0.05) is 25.2 Å². The average Bonchev–Trinajstić information content (AvgIpc) is 3.90. The number of hydrogen-bond acceptors (Lipinski definition) is 6. The number of amides is 2. The molecule has 3 saturated carbocycles. The zero-order valence-corrected chi connectivity index (χ0v) is 30.2. The van der Waals surface area contributed by atoms with Crippen LogP contribution in [0.2, 0.25) is 0 Å². The van der Waals surface area contributed by atoms with Gasteiger partial charge in [-0.2, -0.15) is 0 Å². The molecule has 0 heterocycles. The minimum Gasteiger partial charge on any atom is -0.481 e. The van der Waals surface area contributed by atoms with Gasteiger partial charge < -0.3 is 29.5 Å². The molecule has 3 aliphatic carbocycles. The lowest BCUT2D eigenvalue weighted by Gasteiger charge is -2.49. The van der Waals surface area contributed by atoms with Crippen LogP contribution in [0.3, 0.4) is 0 Å². The highest BCUT2D eigenvalue weighted by atomic mass is 16.5. The molecule has 0 saturated heterocycles. The molecule has 0 unspecified atom stereocenters. The molecule has 2 amide bonds. The smallest absolute Gasteiger partial charge is 0.308 e. The van der Waals surface area contributed by atoms with Crippen molar-refractivity contribution >= 4 is 23.8 Å². The van der Waals surface area contributed by atoms with Crippen molar-refractivity contribution in [2.75, 3.05) is 0 Å². The second-order valence-electron chi connectivity index (χ2n) is 14.7. The van der Waals surface area contributed by atoms with Gasteiger partial charge in [-0.3, -0.25) is 19.2 Å². The Labute approximate surface area is 315 Å². The molecule has 2 N–H and O–H groups in total. The summed E-state index contributed by atoms with van der Waals surface area (Å²) in [5.41, 5.74) is 1.65. The number of nitrogens with zero attached hydrogens (tertiary/aromatic N) is 2. The van der Waals surface area contributed by atoms with E-state index in [1.54, 1.807) is 9.80 Å². The van der Waals surface area contributed by atoms with Crippen molar-refractivity contribution in [3.63, 3.8) is 0 Å². The lowest BCUT2D eigenvalue weighted by molar-refractivity contribution is -0.189. The van der Waals surface area contributed by atoms with Crippen LogP contribution in [0.4, 0.5) is 0 Å². The molecule has 54 heavy (non-hydrogen) atoms. The number of aliphatic carboxylic acids is 2. The van der Waals surface area contributed by atoms with Gasteiger partial charge in [0.25, 0.3) is 0 Å². The van der Waals surface area contributed by atoms with Crippen LogP contribution < -0.4 is 9.47 Å². The number of rotatable bonds is 14. The van der Waals surface area contributed by atoms with Crippen LogP contribution in [-0.4, -0.2) is 55.8 Å². The Balaban J connectivity index is 1.15. The van der Waals surface area contributed by atoms with Crippen LogP contribution in [0.25, 0.3) is 0 Å². The molecule has 3 aliphatic rings. The predicted octanol–water partition coefficient (Wildman–Crippen LogP) is 8.16. The van der Waals surface area contributed by atoms with E-state index in [0.29, 0.717) is 23.0 Å². The average molecular weight is 731 g/mol. The Hall–Kier alpha value is -5.64. The first kappa shape index (κ1) is 36.7. The van der Waals surface area contributed by atoms with E-state index in [1.807, 2.05) is 109 Å². The summed E-state index contributed by atoms with van der Waals surface area (Å²) in [4.78, 5) is 58.5. The van der Waals surface area contributed by atoms with Gasteiger partial charge in [0.1, 0.15) is 23.0 Å². The number of hydrogen-bond donors (Lipinski definition) is 2. The molecule has 4 aromatic rings. The van der Waals surface area contributed by atoms with Gasteiger partial charge in [-0.15, -0.1) is 0 Å². The fourth-order valence-electron chi connectivity index (χ4n) is 8.53. The third-order valence-corrected chi connectivity index (χ3v) is 11.3. The van der Waals surface area contributed by atoms with Gasteiger partial charge in [-0.25, -0.2) is 0 Å². The highest BCUT2D eigenvalue weighted by Gasteiger charge is 2.65. The molecular weight excluding hydrogens is 684 g/mol. The highest BCUT2D eigenvalue weighted by Crippen LogP contribution is 2.50. The summed E-state index contributed by atoms with van der Waals surface area (Å²) in [5.74, 6) is -6.67. The number of carboxylic acids is 2. The summed E-state index contributed by atoms with van der Waals surface area (Å²) in [7, 11) is 0. The molecule has 280 valence electrons. The maximum atomic E-state index is 14.8. The Morgan fingerprint density at radius 2 is 0.778 bits per heavy atom. The molecule has 10 nitrogen and oxygen atoms in total. The molecule has 7 rings (SSSR count). The molecule has 4 aromatic carbocycles. The van der Waals surface area contributed by atoms with Crippen LogP contribution in [0.5, 0.6) is 23.0 Å². The molecular formula is C44H46N2O8. The molecule has 10 heteroatoms. The van der Waals surface area contributed by atoms with E-state index in [4.69, 9.17) is 9.47 Å². The zero-order valence-electron chi connectivity index (χ0n) is 30.2. The maximum absolute atomic E-state index is 14.8. The Morgan fingerprint density at radius 3 is 1.09 bits per heavy atom. The first-order valence-electron chi connectivity index (χ1n) is 19.0. The van der Waals surface area contributed by atoms with Crippen molar-refractivity contribution in [2.45, 2.75) is 76.5 Å². The summed E-state index contributed by atoms with van der Waals surface area (Å²) in [5, 5.41) is 20.8. The summed E-state index contributed by atoms with van der Waals surface area (Å²) in [6.45, 7) is 0.417. The van der Waals surface area contributed by atoms with Crippen LogP contribution in [0.1, 0.15) is 62.5 Å². The minimum atomic E-state index is -1.52. The number of benzene rings is 4. The van der Waals surface area contributed by atoms with Crippen LogP contribution in [0.15, 0.2) is 109 Å². The zero-order chi connectivity index (χ0) is 37.6. The van der Waals surface area contributed by atoms with Crippen molar-refractivity contribution in [1.29, 1.82) is 0 Å². The van der Waals surface area contributed by atoms with E-state index in [0.717, 1.165) is 62.5 Å². The lowest BCUT2D eigenvalue weighted by Crippen LogP contribution is -2.65. The van der Waals surface area contributed by atoms with Gasteiger partial charge in [-0.1, -0.05) is 86.3 Å². The molecule has 0 radical (unpaired) electrons. The monoisotopic (exact) mass is 730 g/mol. The second-order valence-corrected chi connectivity index (χ2v) is 14.7. The number of carbonyl (C=O) groups excluding carboxylic acids is 2. The SMILES string of the molecule is O=C(O)[C@@H]1[C@@H](C(=O)O)[C@@H](C(=O)N(Cc2ccc(Oc3ccccc3)cc2)C2CCCC2)[C@@H]1C(=O)N(Cc1ccc(Oc2ccccc2)cc1)C1CCCC1. The van der Waals surface area contributed by atoms with Crippen molar-refractivity contribution in [1.82, 2.24) is 9.80 Å². The fourth-order valence-corrected chi connectivity index (χ4v) is 8.53. The molecule has 0 aliphatic heterocycles. The van der Waals surface area contributed by atoms with Crippen molar-refractivity contribution < 1.29 is 38.9 Å². The summed E-state index contributed by atoms with van der Waals surface area (Å²) in [6.07, 6.45) is 6.72. The number of ether oxygens (including phenoxy) is 2. The van der Waals surface area contributed by atoms with Gasteiger partial charge in [0.15, 0.2) is 0 Å². The van der Waals surface area contributed by atoms with E-state index in [1.165, 1.54) is 0 Å². The Bertz CT molecular complexity index is 1760. The highest BCUT2D eigenvalue weighted by molar-refractivity contribution is 6.00. The van der Waals surface area contributed by atoms with E-state index in [-0.39, 0.29) is 25.2 Å². The van der Waals surface area contributed by atoms with Gasteiger partial charge in [-0.05, 0) is 85.3 Å². The Morgan fingerprint density at radius 1 is 0.463 bits per heavy atom. The first-order chi connectivity index (χ1) is 26.3. The molecule has 4 atom stereocenters. The standard InChI is InChI=1S/C44H46N2O8/c47-41(45(31-11-7-8-12-31)27-29-19-23-35(24-20-29)53-33-15-3-1-4-16-33)37-38(40(44(51)52)39(37)43(49)50)42(48)46(32-13-9-10-14-32)28-30-21-25-36(26-22-30)54-34-17-5-2-6-18-34/h1-6,15-26,31-32,37-40H,7-14,27-28H2,(H,49,50)(H,51,52)/t37-,38-,39-,40-/m0/s1. The molecule has 3 fully saturated rings. The predicted molar refractivity (Wildman–Crippen MR) is 201 cm³/mol. The summed E-state index contributed by atoms with van der Waals surface area (Å²) < 4.78 is 11.9. The topological polar surface area (TPSA) is 134 Å². The lowest BCUT2D eigenvalue weighted by atomic mass is 9.55. The number of para-hydroxylation sites is 2. The van der Waals surface area contributed by atoms with Crippen molar-refractivity contribution in [3.05, 3.63) is 120 Å². The van der Waals surface area contributed by atoms with Crippen LogP contribution >= 0.6 is 0 Å².